The topological polar surface area (TPSA) is 66.0 Å². The molecule has 1 heterocycles. The molecule has 0 bridgehead atoms. The predicted octanol–water partition coefficient (Wildman–Crippen LogP) is 5.18. The Hall–Kier alpha value is -2.54. The molecular formula is C25H32Cl2N4O2. The van der Waals surface area contributed by atoms with Gasteiger partial charge in [0.2, 0.25) is 0 Å². The summed E-state index contributed by atoms with van der Waals surface area (Å²) in [6.07, 6.45) is 3.20. The van der Waals surface area contributed by atoms with Crippen LogP contribution < -0.4 is 15.4 Å². The van der Waals surface area contributed by atoms with Gasteiger partial charge < -0.3 is 20.3 Å². The van der Waals surface area contributed by atoms with E-state index < -0.39 is 0 Å². The molecule has 0 saturated carbocycles. The van der Waals surface area contributed by atoms with Crippen molar-refractivity contribution in [1.29, 1.82) is 0 Å². The number of likely N-dealkylation sites (N-methyl/N-ethyl adjacent to an activating group) is 3. The number of nitrogens with one attached hydrogen (secondary N) is 2. The van der Waals surface area contributed by atoms with Gasteiger partial charge in [0.15, 0.2) is 6.61 Å². The monoisotopic (exact) mass is 490 g/mol. The number of hydrogen-bond donors (Lipinski definition) is 2. The number of halogens is 2. The molecule has 0 aliphatic carbocycles. The van der Waals surface area contributed by atoms with Crippen LogP contribution in [0.25, 0.3) is 5.57 Å². The number of fused-ring (bicyclic) bond motifs is 1. The maximum Gasteiger partial charge on any atom is 0.257 e. The lowest BCUT2D eigenvalue weighted by atomic mass is 10.1. The fourth-order valence-corrected chi connectivity index (χ4v) is 3.63. The molecule has 0 spiro atoms. The van der Waals surface area contributed by atoms with Crippen LogP contribution in [0, 0.1) is 0 Å². The van der Waals surface area contributed by atoms with Crippen molar-refractivity contribution < 1.29 is 9.53 Å². The molecule has 2 aromatic carbocycles. The van der Waals surface area contributed by atoms with Gasteiger partial charge in [-0.15, -0.1) is 0 Å². The van der Waals surface area contributed by atoms with E-state index in [1.165, 1.54) is 24.0 Å². The minimum absolute atomic E-state index is 0.0577. The molecule has 0 saturated heterocycles. The Morgan fingerprint density at radius 3 is 2.61 bits per heavy atom. The van der Waals surface area contributed by atoms with Crippen LogP contribution in [-0.4, -0.2) is 57.0 Å². The number of nitrogens with zero attached hydrogens (tertiary/aromatic N) is 2. The summed E-state index contributed by atoms with van der Waals surface area (Å²) in [5.41, 5.74) is 3.66. The van der Waals surface area contributed by atoms with Gasteiger partial charge in [0.25, 0.3) is 5.91 Å². The fraction of sp³-hybridized carbons (Fsp3) is 0.360. The zero-order valence-corrected chi connectivity index (χ0v) is 21.1. The number of carbonyl (C=O) groups is 1. The molecule has 0 atom stereocenters. The molecule has 1 aliphatic rings. The number of carbonyl (C=O) groups excluding carboxylic acids is 1. The molecule has 33 heavy (non-hydrogen) atoms. The second kappa shape index (κ2) is 13.9. The highest BCUT2D eigenvalue weighted by Gasteiger charge is 2.13. The highest BCUT2D eigenvalue weighted by Crippen LogP contribution is 2.30. The largest absolute Gasteiger partial charge is 0.482 e. The first kappa shape index (κ1) is 26.7. The van der Waals surface area contributed by atoms with Crippen LogP contribution in [-0.2, 0) is 4.79 Å². The Morgan fingerprint density at radius 1 is 1.18 bits per heavy atom. The van der Waals surface area contributed by atoms with E-state index in [-0.39, 0.29) is 12.5 Å². The second-order valence-electron chi connectivity index (χ2n) is 7.36. The van der Waals surface area contributed by atoms with Crippen LogP contribution in [0.2, 0.25) is 10.0 Å². The average molecular weight is 491 g/mol. The normalized spacial score (nSPS) is 12.3. The van der Waals surface area contributed by atoms with E-state index in [2.05, 4.69) is 59.7 Å². The highest BCUT2D eigenvalue weighted by molar-refractivity contribution is 6.35. The summed E-state index contributed by atoms with van der Waals surface area (Å²) in [5.74, 6) is 1.40. The van der Waals surface area contributed by atoms with Crippen LogP contribution in [0.5, 0.6) is 5.75 Å². The van der Waals surface area contributed by atoms with Crippen LogP contribution in [0.3, 0.4) is 0 Å². The number of amidine groups is 1. The van der Waals surface area contributed by atoms with E-state index in [4.69, 9.17) is 32.9 Å². The first-order valence-corrected chi connectivity index (χ1v) is 11.7. The van der Waals surface area contributed by atoms with Crippen LogP contribution in [0.15, 0.2) is 53.5 Å². The number of ether oxygens (including phenoxy) is 1. The lowest BCUT2D eigenvalue weighted by Gasteiger charge is -2.23. The van der Waals surface area contributed by atoms with Crippen molar-refractivity contribution in [2.75, 3.05) is 40.3 Å². The molecule has 1 aliphatic heterocycles. The number of para-hydroxylation sites is 1. The van der Waals surface area contributed by atoms with Crippen molar-refractivity contribution in [3.8, 4) is 5.75 Å². The van der Waals surface area contributed by atoms with Crippen molar-refractivity contribution in [1.82, 2.24) is 15.5 Å². The van der Waals surface area contributed by atoms with E-state index >= 15 is 0 Å². The molecule has 0 fully saturated rings. The minimum Gasteiger partial charge on any atom is -0.482 e. The van der Waals surface area contributed by atoms with Crippen molar-refractivity contribution in [3.05, 3.63) is 64.1 Å². The fourth-order valence-electron chi connectivity index (χ4n) is 3.17. The smallest absolute Gasteiger partial charge is 0.257 e. The molecule has 0 radical (unpaired) electrons. The van der Waals surface area contributed by atoms with Gasteiger partial charge in [0, 0.05) is 43.7 Å². The van der Waals surface area contributed by atoms with Gasteiger partial charge >= 0.3 is 0 Å². The number of benzene rings is 2. The Bertz CT molecular complexity index is 992. The van der Waals surface area contributed by atoms with Gasteiger partial charge in [0.05, 0.1) is 10.7 Å². The summed E-state index contributed by atoms with van der Waals surface area (Å²) >= 11 is 11.5. The Kier molecular flexibility index (Phi) is 11.2. The lowest BCUT2D eigenvalue weighted by Crippen LogP contribution is -2.35. The van der Waals surface area contributed by atoms with Gasteiger partial charge in [-0.25, -0.2) is 4.99 Å². The maximum atomic E-state index is 10.9. The average Bonchev–Trinajstić information content (AvgIpc) is 2.98. The summed E-state index contributed by atoms with van der Waals surface area (Å²) in [4.78, 5) is 18.1. The van der Waals surface area contributed by atoms with E-state index in [9.17, 15) is 4.79 Å². The third-order valence-corrected chi connectivity index (χ3v) is 5.61. The van der Waals surface area contributed by atoms with Crippen molar-refractivity contribution in [2.24, 2.45) is 4.99 Å². The molecule has 0 aromatic heterocycles. The van der Waals surface area contributed by atoms with E-state index in [1.54, 1.807) is 18.2 Å². The Labute approximate surface area is 206 Å². The standard InChI is InChI=1S/C16H23N3.C9H9Cl2NO2/c1-4-19(12-11-17-3)16-10-9-13(2)14-7-5-6-8-15(14)18-16;1-12-9(13)5-14-8-3-2-6(10)4-7(8)11/h5-9,17H,4,10-12H2,1-3H3;2-4H,5H2,1H3,(H,12,13). The molecule has 178 valence electrons. The van der Waals surface area contributed by atoms with Gasteiger partial charge in [0.1, 0.15) is 11.6 Å². The summed E-state index contributed by atoms with van der Waals surface area (Å²) in [5, 5.41) is 6.56. The van der Waals surface area contributed by atoms with Crippen molar-refractivity contribution >= 4 is 46.2 Å². The quantitative estimate of drug-likeness (QED) is 0.560. The van der Waals surface area contributed by atoms with Crippen molar-refractivity contribution in [2.45, 2.75) is 20.3 Å². The van der Waals surface area contributed by atoms with Gasteiger partial charge in [-0.3, -0.25) is 4.79 Å². The maximum absolute atomic E-state index is 10.9. The molecule has 6 nitrogen and oxygen atoms in total. The molecular weight excluding hydrogens is 459 g/mol. The summed E-state index contributed by atoms with van der Waals surface area (Å²) < 4.78 is 5.14. The Balaban J connectivity index is 0.000000245. The number of hydrogen-bond acceptors (Lipinski definition) is 5. The molecule has 1 amide bonds. The van der Waals surface area contributed by atoms with Crippen LogP contribution in [0.4, 0.5) is 5.69 Å². The van der Waals surface area contributed by atoms with Crippen molar-refractivity contribution in [3.63, 3.8) is 0 Å². The molecule has 3 rings (SSSR count). The molecule has 2 N–H and O–H groups in total. The second-order valence-corrected chi connectivity index (χ2v) is 8.20. The first-order valence-electron chi connectivity index (χ1n) is 10.9. The zero-order chi connectivity index (χ0) is 24.2. The SMILES string of the molecule is CCN(CCNC)C1=Nc2ccccc2C(C)=CC1.CNC(=O)COc1ccc(Cl)cc1Cl. The third kappa shape index (κ3) is 8.39. The molecule has 0 unspecified atom stereocenters. The van der Waals surface area contributed by atoms with E-state index in [0.29, 0.717) is 15.8 Å². The zero-order valence-electron chi connectivity index (χ0n) is 19.6. The lowest BCUT2D eigenvalue weighted by molar-refractivity contribution is -0.122. The summed E-state index contributed by atoms with van der Waals surface area (Å²) in [6, 6.07) is 13.2. The summed E-state index contributed by atoms with van der Waals surface area (Å²) in [7, 11) is 3.53. The van der Waals surface area contributed by atoms with Gasteiger partial charge in [-0.2, -0.15) is 0 Å². The molecule has 2 aromatic rings. The number of aliphatic imine (C=N–C) groups is 1. The number of rotatable bonds is 7. The Morgan fingerprint density at radius 2 is 1.94 bits per heavy atom. The highest BCUT2D eigenvalue weighted by atomic mass is 35.5. The van der Waals surface area contributed by atoms with E-state index in [1.807, 2.05) is 7.05 Å². The van der Waals surface area contributed by atoms with E-state index in [0.717, 1.165) is 31.7 Å². The minimum atomic E-state index is -0.212. The third-order valence-electron chi connectivity index (χ3n) is 5.08. The first-order chi connectivity index (χ1) is 15.9. The molecule has 8 heteroatoms. The van der Waals surface area contributed by atoms with Crippen LogP contribution in [0.1, 0.15) is 25.8 Å². The number of amides is 1. The predicted molar refractivity (Wildman–Crippen MR) is 139 cm³/mol. The number of allylic oxidation sites excluding steroid dienone is 1. The summed E-state index contributed by atoms with van der Waals surface area (Å²) in [6.45, 7) is 7.28. The van der Waals surface area contributed by atoms with Gasteiger partial charge in [-0.05, 0) is 50.7 Å². The van der Waals surface area contributed by atoms with Gasteiger partial charge in [-0.1, -0.05) is 47.5 Å². The van der Waals surface area contributed by atoms with Crippen LogP contribution >= 0.6 is 23.2 Å².